The van der Waals surface area contributed by atoms with Crippen molar-refractivity contribution in [3.05, 3.63) is 70.5 Å². The molecule has 4 rings (SSSR count). The first kappa shape index (κ1) is 22.8. The molecule has 168 valence electrons. The van der Waals surface area contributed by atoms with Crippen LogP contribution in [0.25, 0.3) is 5.69 Å². The van der Waals surface area contributed by atoms with E-state index < -0.39 is 0 Å². The maximum absolute atomic E-state index is 12.4. The quantitative estimate of drug-likeness (QED) is 0.487. The highest BCUT2D eigenvalue weighted by atomic mass is 35.5. The van der Waals surface area contributed by atoms with Crippen molar-refractivity contribution in [2.75, 3.05) is 18.8 Å². The van der Waals surface area contributed by atoms with Crippen LogP contribution in [0.3, 0.4) is 0 Å². The van der Waals surface area contributed by atoms with Gasteiger partial charge in [-0.25, -0.2) is 0 Å². The van der Waals surface area contributed by atoms with Crippen LogP contribution in [0.15, 0.2) is 53.9 Å². The Bertz CT molecular complexity index is 1050. The van der Waals surface area contributed by atoms with Gasteiger partial charge in [0.2, 0.25) is 5.91 Å². The number of benzene rings is 2. The molecule has 0 aliphatic carbocycles. The molecule has 1 aliphatic heterocycles. The highest BCUT2D eigenvalue weighted by Crippen LogP contribution is 2.23. The fourth-order valence-corrected chi connectivity index (χ4v) is 4.69. The molecular weight excluding hydrogens is 442 g/mol. The summed E-state index contributed by atoms with van der Waals surface area (Å²) >= 11 is 7.59. The van der Waals surface area contributed by atoms with Gasteiger partial charge in [0.25, 0.3) is 0 Å². The largest absolute Gasteiger partial charge is 0.351 e. The Morgan fingerprint density at radius 1 is 1.09 bits per heavy atom. The molecule has 0 radical (unpaired) electrons. The summed E-state index contributed by atoms with van der Waals surface area (Å²) in [6, 6.07) is 14.3. The summed E-state index contributed by atoms with van der Waals surface area (Å²) in [6.07, 6.45) is 5.59. The van der Waals surface area contributed by atoms with Gasteiger partial charge >= 0.3 is 0 Å². The fraction of sp³-hybridized carbons (Fsp3) is 0.375. The maximum atomic E-state index is 12.4. The van der Waals surface area contributed by atoms with Crippen LogP contribution in [-0.2, 0) is 17.9 Å². The van der Waals surface area contributed by atoms with Gasteiger partial charge in [0.15, 0.2) is 5.16 Å². The van der Waals surface area contributed by atoms with Crippen molar-refractivity contribution in [1.29, 1.82) is 0 Å². The van der Waals surface area contributed by atoms with Gasteiger partial charge in [-0.05, 0) is 61.7 Å². The van der Waals surface area contributed by atoms with Crippen LogP contribution in [0.2, 0.25) is 5.02 Å². The Balaban J connectivity index is 1.25. The van der Waals surface area contributed by atoms with Crippen molar-refractivity contribution in [3.63, 3.8) is 0 Å². The number of halogens is 1. The maximum Gasteiger partial charge on any atom is 0.230 e. The van der Waals surface area contributed by atoms with Gasteiger partial charge in [0.05, 0.1) is 11.4 Å². The summed E-state index contributed by atoms with van der Waals surface area (Å²) in [4.78, 5) is 14.9. The third-order valence-electron chi connectivity index (χ3n) is 5.65. The number of piperidine rings is 1. The molecule has 6 nitrogen and oxygen atoms in total. The van der Waals surface area contributed by atoms with Crippen molar-refractivity contribution in [1.82, 2.24) is 25.0 Å². The van der Waals surface area contributed by atoms with E-state index in [0.717, 1.165) is 23.4 Å². The minimum atomic E-state index is -0.0381. The van der Waals surface area contributed by atoms with E-state index in [2.05, 4.69) is 44.7 Å². The minimum Gasteiger partial charge on any atom is -0.351 e. The number of nitrogens with zero attached hydrogens (tertiary/aromatic N) is 4. The lowest BCUT2D eigenvalue weighted by Gasteiger charge is -2.26. The van der Waals surface area contributed by atoms with E-state index in [1.807, 2.05) is 29.7 Å². The van der Waals surface area contributed by atoms with Crippen molar-refractivity contribution in [2.45, 2.75) is 44.4 Å². The van der Waals surface area contributed by atoms with E-state index in [0.29, 0.717) is 16.7 Å². The summed E-state index contributed by atoms with van der Waals surface area (Å²) in [7, 11) is 0. The Morgan fingerprint density at radius 2 is 1.84 bits per heavy atom. The molecule has 2 aromatic carbocycles. The number of nitrogens with one attached hydrogen (secondary N) is 1. The van der Waals surface area contributed by atoms with Gasteiger partial charge in [0.1, 0.15) is 6.33 Å². The first-order valence-corrected chi connectivity index (χ1v) is 12.3. The van der Waals surface area contributed by atoms with Crippen LogP contribution in [0, 0.1) is 6.92 Å². The molecule has 8 heteroatoms. The normalized spacial score (nSPS) is 14.4. The van der Waals surface area contributed by atoms with E-state index in [-0.39, 0.29) is 11.7 Å². The lowest BCUT2D eigenvalue weighted by molar-refractivity contribution is -0.118. The predicted molar refractivity (Wildman–Crippen MR) is 129 cm³/mol. The van der Waals surface area contributed by atoms with Crippen molar-refractivity contribution < 1.29 is 4.79 Å². The van der Waals surface area contributed by atoms with Crippen LogP contribution in [0.5, 0.6) is 0 Å². The van der Waals surface area contributed by atoms with Gasteiger partial charge in [-0.15, -0.1) is 10.2 Å². The second kappa shape index (κ2) is 11.0. The molecule has 0 saturated carbocycles. The second-order valence-corrected chi connectivity index (χ2v) is 9.49. The summed E-state index contributed by atoms with van der Waals surface area (Å²) in [6.45, 7) is 5.88. The molecule has 0 bridgehead atoms. The Morgan fingerprint density at radius 3 is 2.59 bits per heavy atom. The second-order valence-electron chi connectivity index (χ2n) is 8.14. The Kier molecular flexibility index (Phi) is 7.84. The molecule has 0 atom stereocenters. The number of aryl methyl sites for hydroxylation is 1. The number of amides is 1. The van der Waals surface area contributed by atoms with Crippen molar-refractivity contribution in [2.24, 2.45) is 0 Å². The van der Waals surface area contributed by atoms with Crippen LogP contribution in [0.1, 0.15) is 36.0 Å². The number of rotatable bonds is 8. The summed E-state index contributed by atoms with van der Waals surface area (Å²) in [5, 5.41) is 12.5. The van der Waals surface area contributed by atoms with E-state index in [4.69, 9.17) is 11.6 Å². The molecule has 1 N–H and O–H groups in total. The third-order valence-corrected chi connectivity index (χ3v) is 7.00. The highest BCUT2D eigenvalue weighted by molar-refractivity contribution is 7.99. The topological polar surface area (TPSA) is 63.1 Å². The molecule has 1 amide bonds. The number of aromatic nitrogens is 3. The molecule has 1 aliphatic rings. The number of carbonyl (C=O) groups excluding carboxylic acids is 1. The Labute approximate surface area is 198 Å². The SMILES string of the molecule is Cc1ccc(-n2cnnc2SCC(=O)NCc2ccc(CN3CCCCC3)cc2)cc1Cl. The molecule has 3 aromatic rings. The molecule has 0 unspecified atom stereocenters. The van der Waals surface area contributed by atoms with Gasteiger partial charge in [0, 0.05) is 18.1 Å². The van der Waals surface area contributed by atoms with Crippen LogP contribution < -0.4 is 5.32 Å². The van der Waals surface area contributed by atoms with Crippen LogP contribution in [0.4, 0.5) is 0 Å². The van der Waals surface area contributed by atoms with Crippen molar-refractivity contribution in [3.8, 4) is 5.69 Å². The lowest BCUT2D eigenvalue weighted by Crippen LogP contribution is -2.29. The number of likely N-dealkylation sites (tertiary alicyclic amines) is 1. The summed E-state index contributed by atoms with van der Waals surface area (Å²) < 4.78 is 1.84. The zero-order valence-electron chi connectivity index (χ0n) is 18.3. The molecular formula is C24H28ClN5OS. The van der Waals surface area contributed by atoms with E-state index >= 15 is 0 Å². The molecule has 2 heterocycles. The smallest absolute Gasteiger partial charge is 0.230 e. The molecule has 1 saturated heterocycles. The number of thioether (sulfide) groups is 1. The average Bonchev–Trinajstić information content (AvgIpc) is 3.28. The standard InChI is InChI=1S/C24H28ClN5OS/c1-18-5-10-21(13-22(18)25)30-17-27-28-24(30)32-16-23(31)26-14-19-6-8-20(9-7-19)15-29-11-3-2-4-12-29/h5-10,13,17H,2-4,11-12,14-16H2,1H3,(H,26,31). The van der Waals surface area contributed by atoms with Crippen LogP contribution in [-0.4, -0.2) is 44.4 Å². The van der Waals surface area contributed by atoms with Crippen LogP contribution >= 0.6 is 23.4 Å². The van der Waals surface area contributed by atoms with E-state index in [1.54, 1.807) is 6.33 Å². The first-order chi connectivity index (χ1) is 15.6. The molecule has 1 fully saturated rings. The Hall–Kier alpha value is -2.35. The number of carbonyl (C=O) groups is 1. The van der Waals surface area contributed by atoms with E-state index in [1.165, 1.54) is 49.7 Å². The zero-order chi connectivity index (χ0) is 22.3. The zero-order valence-corrected chi connectivity index (χ0v) is 19.8. The van der Waals surface area contributed by atoms with Gasteiger partial charge < -0.3 is 5.32 Å². The minimum absolute atomic E-state index is 0.0381. The highest BCUT2D eigenvalue weighted by Gasteiger charge is 2.12. The first-order valence-electron chi connectivity index (χ1n) is 10.9. The van der Waals surface area contributed by atoms with Gasteiger partial charge in [-0.1, -0.05) is 60.1 Å². The monoisotopic (exact) mass is 469 g/mol. The molecule has 32 heavy (non-hydrogen) atoms. The predicted octanol–water partition coefficient (Wildman–Crippen LogP) is 4.62. The van der Waals surface area contributed by atoms with Crippen molar-refractivity contribution >= 4 is 29.3 Å². The fourth-order valence-electron chi connectivity index (χ4n) is 3.75. The van der Waals surface area contributed by atoms with Gasteiger partial charge in [-0.2, -0.15) is 0 Å². The van der Waals surface area contributed by atoms with Gasteiger partial charge in [-0.3, -0.25) is 14.3 Å². The number of hydrogen-bond donors (Lipinski definition) is 1. The molecule has 1 aromatic heterocycles. The summed E-state index contributed by atoms with van der Waals surface area (Å²) in [5.41, 5.74) is 4.31. The van der Waals surface area contributed by atoms with E-state index in [9.17, 15) is 4.79 Å². The summed E-state index contributed by atoms with van der Waals surface area (Å²) in [5.74, 6) is 0.231. The number of hydrogen-bond acceptors (Lipinski definition) is 5. The average molecular weight is 470 g/mol. The lowest BCUT2D eigenvalue weighted by atomic mass is 10.1. The third kappa shape index (κ3) is 6.12. The molecule has 0 spiro atoms.